The number of methoxy groups -OCH3 is 1. The molecule has 150 valence electrons. The van der Waals surface area contributed by atoms with Gasteiger partial charge in [0.1, 0.15) is 5.82 Å². The lowest BCUT2D eigenvalue weighted by Crippen LogP contribution is -2.43. The number of piperidine rings is 1. The van der Waals surface area contributed by atoms with Crippen LogP contribution in [0.3, 0.4) is 0 Å². The second-order valence-corrected chi connectivity index (χ2v) is 8.03. The van der Waals surface area contributed by atoms with E-state index < -0.39 is 0 Å². The molecule has 0 saturated carbocycles. The van der Waals surface area contributed by atoms with E-state index in [-0.39, 0.29) is 29.6 Å². The molecule has 0 spiro atoms. The van der Waals surface area contributed by atoms with Crippen molar-refractivity contribution in [3.05, 3.63) is 11.5 Å². The van der Waals surface area contributed by atoms with Crippen molar-refractivity contribution in [2.75, 3.05) is 38.2 Å². The SMILES string of the molecule is COC(=O)N1CCC(n2ncc3c(N4CC5CCC(C4)O5)nc(Cl)nc32)CC1. The van der Waals surface area contributed by atoms with E-state index in [1.807, 2.05) is 10.9 Å². The lowest BCUT2D eigenvalue weighted by Gasteiger charge is -2.33. The maximum absolute atomic E-state index is 11.7. The molecule has 2 aromatic rings. The molecule has 1 amide bonds. The third kappa shape index (κ3) is 3.06. The van der Waals surface area contributed by atoms with Crippen molar-refractivity contribution in [1.29, 1.82) is 0 Å². The van der Waals surface area contributed by atoms with Crippen molar-refractivity contribution in [2.45, 2.75) is 43.9 Å². The number of fused-ring (bicyclic) bond motifs is 3. The number of carbonyl (C=O) groups is 1. The van der Waals surface area contributed by atoms with Crippen LogP contribution >= 0.6 is 11.6 Å². The number of halogens is 1. The van der Waals surface area contributed by atoms with Gasteiger partial charge in [-0.2, -0.15) is 15.1 Å². The van der Waals surface area contributed by atoms with E-state index in [2.05, 4.69) is 20.0 Å². The summed E-state index contributed by atoms with van der Waals surface area (Å²) in [5.74, 6) is 0.841. The van der Waals surface area contributed by atoms with Gasteiger partial charge >= 0.3 is 6.09 Å². The highest BCUT2D eigenvalue weighted by molar-refractivity contribution is 6.28. The van der Waals surface area contributed by atoms with Crippen molar-refractivity contribution in [2.24, 2.45) is 0 Å². The fourth-order valence-corrected chi connectivity index (χ4v) is 4.76. The molecule has 28 heavy (non-hydrogen) atoms. The van der Waals surface area contributed by atoms with Crippen LogP contribution in [0.15, 0.2) is 6.20 Å². The van der Waals surface area contributed by atoms with Crippen molar-refractivity contribution in [3.63, 3.8) is 0 Å². The summed E-state index contributed by atoms with van der Waals surface area (Å²) in [6.07, 6.45) is 5.88. The number of ether oxygens (including phenoxy) is 2. The van der Waals surface area contributed by atoms with E-state index in [9.17, 15) is 4.79 Å². The number of morpholine rings is 1. The van der Waals surface area contributed by atoms with Crippen LogP contribution in [0.2, 0.25) is 5.28 Å². The Labute approximate surface area is 167 Å². The first kappa shape index (κ1) is 17.9. The normalized spacial score (nSPS) is 25.5. The van der Waals surface area contributed by atoms with Gasteiger partial charge in [0.2, 0.25) is 5.28 Å². The first-order chi connectivity index (χ1) is 13.6. The Kier molecular flexibility index (Phi) is 4.51. The number of anilines is 1. The fraction of sp³-hybridized carbons (Fsp3) is 0.667. The minimum atomic E-state index is -0.279. The summed E-state index contributed by atoms with van der Waals surface area (Å²) in [4.78, 5) is 24.7. The van der Waals surface area contributed by atoms with Gasteiger partial charge in [-0.15, -0.1) is 0 Å². The molecule has 0 aromatic carbocycles. The van der Waals surface area contributed by atoms with Crippen LogP contribution in [0.1, 0.15) is 31.7 Å². The number of rotatable bonds is 2. The summed E-state index contributed by atoms with van der Waals surface area (Å²) in [5.41, 5.74) is 0.755. The van der Waals surface area contributed by atoms with Gasteiger partial charge in [0.15, 0.2) is 5.65 Å². The standard InChI is InChI=1S/C18H23ClN6O3/c1-27-18(26)23-6-4-11(5-7-23)25-16-14(8-20-25)15(21-17(19)22-16)24-9-12-2-3-13(10-24)28-12/h8,11-13H,2-7,9-10H2,1H3. The predicted octanol–water partition coefficient (Wildman–Crippen LogP) is 2.25. The zero-order chi connectivity index (χ0) is 19.3. The zero-order valence-electron chi connectivity index (χ0n) is 15.8. The average Bonchev–Trinajstić information content (AvgIpc) is 3.29. The molecule has 5 rings (SSSR count). The van der Waals surface area contributed by atoms with Crippen LogP contribution in [0, 0.1) is 0 Å². The number of amides is 1. The summed E-state index contributed by atoms with van der Waals surface area (Å²) in [5, 5.41) is 5.77. The molecule has 0 aliphatic carbocycles. The van der Waals surface area contributed by atoms with Crippen LogP contribution < -0.4 is 4.90 Å². The second-order valence-electron chi connectivity index (χ2n) is 7.69. The molecular formula is C18H23ClN6O3. The summed E-state index contributed by atoms with van der Waals surface area (Å²) < 4.78 is 12.7. The average molecular weight is 407 g/mol. The minimum Gasteiger partial charge on any atom is -0.453 e. The van der Waals surface area contributed by atoms with E-state index in [1.54, 1.807) is 4.90 Å². The van der Waals surface area contributed by atoms with Crippen molar-refractivity contribution in [3.8, 4) is 0 Å². The van der Waals surface area contributed by atoms with Gasteiger partial charge in [-0.05, 0) is 37.3 Å². The molecule has 2 unspecified atom stereocenters. The van der Waals surface area contributed by atoms with Gasteiger partial charge in [-0.25, -0.2) is 9.48 Å². The molecule has 3 fully saturated rings. The van der Waals surface area contributed by atoms with Gasteiger partial charge in [0.25, 0.3) is 0 Å². The molecule has 0 N–H and O–H groups in total. The smallest absolute Gasteiger partial charge is 0.409 e. The van der Waals surface area contributed by atoms with E-state index >= 15 is 0 Å². The quantitative estimate of drug-likeness (QED) is 0.707. The summed E-state index contributed by atoms with van der Waals surface area (Å²) in [7, 11) is 1.41. The number of aromatic nitrogens is 4. The van der Waals surface area contributed by atoms with Gasteiger partial charge in [-0.1, -0.05) is 0 Å². The molecule has 10 heteroatoms. The lowest BCUT2D eigenvalue weighted by molar-refractivity contribution is 0.0303. The molecule has 0 radical (unpaired) electrons. The number of carbonyl (C=O) groups excluding carboxylic acids is 1. The Morgan fingerprint density at radius 3 is 2.57 bits per heavy atom. The summed E-state index contributed by atoms with van der Waals surface area (Å²) in [6.45, 7) is 2.91. The topological polar surface area (TPSA) is 85.6 Å². The van der Waals surface area contributed by atoms with Gasteiger partial charge in [-0.3, -0.25) is 0 Å². The number of hydrogen-bond acceptors (Lipinski definition) is 7. The first-order valence-corrected chi connectivity index (χ1v) is 10.1. The Morgan fingerprint density at radius 2 is 1.89 bits per heavy atom. The van der Waals surface area contributed by atoms with Crippen LogP contribution in [0.25, 0.3) is 11.0 Å². The molecule has 2 aromatic heterocycles. The van der Waals surface area contributed by atoms with Crippen molar-refractivity contribution >= 4 is 34.5 Å². The lowest BCUT2D eigenvalue weighted by atomic mass is 10.1. The third-order valence-electron chi connectivity index (χ3n) is 5.99. The van der Waals surface area contributed by atoms with Crippen molar-refractivity contribution < 1.29 is 14.3 Å². The highest BCUT2D eigenvalue weighted by Crippen LogP contribution is 2.34. The number of nitrogens with zero attached hydrogens (tertiary/aromatic N) is 6. The van der Waals surface area contributed by atoms with Crippen molar-refractivity contribution in [1.82, 2.24) is 24.6 Å². The maximum Gasteiger partial charge on any atom is 0.409 e. The number of hydrogen-bond donors (Lipinski definition) is 0. The Bertz CT molecular complexity index is 885. The van der Waals surface area contributed by atoms with Gasteiger partial charge in [0, 0.05) is 26.2 Å². The third-order valence-corrected chi connectivity index (χ3v) is 6.16. The zero-order valence-corrected chi connectivity index (χ0v) is 16.5. The Morgan fingerprint density at radius 1 is 1.18 bits per heavy atom. The van der Waals surface area contributed by atoms with E-state index in [0.717, 1.165) is 55.6 Å². The van der Waals surface area contributed by atoms with Gasteiger partial charge in [0.05, 0.1) is 36.9 Å². The fourth-order valence-electron chi connectivity index (χ4n) is 4.60. The van der Waals surface area contributed by atoms with Gasteiger partial charge < -0.3 is 19.3 Å². The second kappa shape index (κ2) is 7.04. The van der Waals surface area contributed by atoms with Crippen LogP contribution in [0.4, 0.5) is 10.6 Å². The summed E-state index contributed by atoms with van der Waals surface area (Å²) >= 11 is 6.29. The Hall–Kier alpha value is -2.13. The molecule has 2 atom stereocenters. The molecule has 5 heterocycles. The monoisotopic (exact) mass is 406 g/mol. The van der Waals surface area contributed by atoms with E-state index in [4.69, 9.17) is 21.1 Å². The predicted molar refractivity (Wildman–Crippen MR) is 103 cm³/mol. The first-order valence-electron chi connectivity index (χ1n) is 9.76. The summed E-state index contributed by atoms with van der Waals surface area (Å²) in [6, 6.07) is 0.165. The Balaban J connectivity index is 1.43. The highest BCUT2D eigenvalue weighted by Gasteiger charge is 2.35. The van der Waals surface area contributed by atoms with E-state index in [1.165, 1.54) is 7.11 Å². The molecule has 3 aliphatic heterocycles. The minimum absolute atomic E-state index is 0.165. The van der Waals surface area contributed by atoms with E-state index in [0.29, 0.717) is 13.1 Å². The molecule has 3 aliphatic rings. The highest BCUT2D eigenvalue weighted by atomic mass is 35.5. The largest absolute Gasteiger partial charge is 0.453 e. The molecule has 9 nitrogen and oxygen atoms in total. The van der Waals surface area contributed by atoms with Crippen LogP contribution in [0.5, 0.6) is 0 Å². The molecular weight excluding hydrogens is 384 g/mol. The molecule has 2 bridgehead atoms. The maximum atomic E-state index is 11.7. The number of likely N-dealkylation sites (tertiary alicyclic amines) is 1. The van der Waals surface area contributed by atoms with Crippen LogP contribution in [-0.2, 0) is 9.47 Å². The molecule has 3 saturated heterocycles. The van der Waals surface area contributed by atoms with Crippen LogP contribution in [-0.4, -0.2) is 76.2 Å².